The summed E-state index contributed by atoms with van der Waals surface area (Å²) in [6.07, 6.45) is 0. The first-order valence-electron chi connectivity index (χ1n) is 6.14. The predicted molar refractivity (Wildman–Crippen MR) is 83.0 cm³/mol. The molecule has 20 heavy (non-hydrogen) atoms. The molecular formula is C15H16ClNO2S. The molecule has 0 aliphatic rings. The van der Waals surface area contributed by atoms with Gasteiger partial charge in [0.25, 0.3) is 10.0 Å². The van der Waals surface area contributed by atoms with Crippen LogP contribution in [0.2, 0.25) is 5.02 Å². The summed E-state index contributed by atoms with van der Waals surface area (Å²) >= 11 is 5.88. The normalized spacial score (nSPS) is 11.4. The summed E-state index contributed by atoms with van der Waals surface area (Å²) in [7, 11) is -2.05. The molecule has 0 unspecified atom stereocenters. The Morgan fingerprint density at radius 2 is 1.75 bits per heavy atom. The van der Waals surface area contributed by atoms with E-state index in [0.717, 1.165) is 11.1 Å². The van der Waals surface area contributed by atoms with Gasteiger partial charge < -0.3 is 0 Å². The Labute approximate surface area is 124 Å². The van der Waals surface area contributed by atoms with E-state index in [2.05, 4.69) is 0 Å². The van der Waals surface area contributed by atoms with Crippen molar-refractivity contribution in [3.8, 4) is 0 Å². The molecule has 0 saturated heterocycles. The summed E-state index contributed by atoms with van der Waals surface area (Å²) in [5.41, 5.74) is 2.59. The molecule has 0 bridgehead atoms. The van der Waals surface area contributed by atoms with Gasteiger partial charge in [-0.3, -0.25) is 4.31 Å². The van der Waals surface area contributed by atoms with E-state index in [9.17, 15) is 8.42 Å². The molecule has 0 atom stereocenters. The molecular weight excluding hydrogens is 294 g/mol. The molecule has 106 valence electrons. The van der Waals surface area contributed by atoms with E-state index in [1.165, 1.54) is 10.4 Å². The monoisotopic (exact) mass is 309 g/mol. The van der Waals surface area contributed by atoms with Crippen LogP contribution < -0.4 is 4.31 Å². The maximum Gasteiger partial charge on any atom is 0.264 e. The van der Waals surface area contributed by atoms with Gasteiger partial charge in [0.15, 0.2) is 0 Å². The third-order valence-electron chi connectivity index (χ3n) is 3.16. The minimum atomic E-state index is -3.60. The number of rotatable bonds is 3. The summed E-state index contributed by atoms with van der Waals surface area (Å²) in [6.45, 7) is 3.82. The van der Waals surface area contributed by atoms with Crippen molar-refractivity contribution in [3.05, 3.63) is 58.6 Å². The first kappa shape index (κ1) is 14.9. The van der Waals surface area contributed by atoms with Gasteiger partial charge in [0.2, 0.25) is 0 Å². The molecule has 3 nitrogen and oxygen atoms in total. The zero-order valence-electron chi connectivity index (χ0n) is 11.6. The van der Waals surface area contributed by atoms with Crippen LogP contribution >= 0.6 is 11.6 Å². The molecule has 0 aliphatic carbocycles. The molecule has 0 fully saturated rings. The van der Waals surface area contributed by atoms with Crippen LogP contribution in [-0.4, -0.2) is 15.5 Å². The molecule has 0 radical (unpaired) electrons. The highest BCUT2D eigenvalue weighted by Crippen LogP contribution is 2.27. The Bertz CT molecular complexity index is 741. The summed E-state index contributed by atoms with van der Waals surface area (Å²) in [6, 6.07) is 12.0. The lowest BCUT2D eigenvalue weighted by Gasteiger charge is -2.22. The van der Waals surface area contributed by atoms with E-state index in [4.69, 9.17) is 11.6 Å². The molecule has 0 aliphatic heterocycles. The number of benzene rings is 2. The van der Waals surface area contributed by atoms with E-state index < -0.39 is 10.0 Å². The van der Waals surface area contributed by atoms with Crippen molar-refractivity contribution in [2.45, 2.75) is 18.7 Å². The molecule has 2 aromatic rings. The van der Waals surface area contributed by atoms with Crippen LogP contribution in [-0.2, 0) is 10.0 Å². The fourth-order valence-corrected chi connectivity index (χ4v) is 3.53. The molecule has 2 aromatic carbocycles. The minimum absolute atomic E-state index is 0.188. The minimum Gasteiger partial charge on any atom is -0.269 e. The lowest BCUT2D eigenvalue weighted by molar-refractivity contribution is 0.594. The zero-order valence-corrected chi connectivity index (χ0v) is 13.2. The second-order valence-electron chi connectivity index (χ2n) is 4.72. The van der Waals surface area contributed by atoms with Crippen LogP contribution in [0.25, 0.3) is 0 Å². The number of aryl methyl sites for hydroxylation is 2. The largest absolute Gasteiger partial charge is 0.269 e. The Morgan fingerprint density at radius 3 is 2.40 bits per heavy atom. The van der Waals surface area contributed by atoms with Crippen molar-refractivity contribution in [2.24, 2.45) is 0 Å². The van der Waals surface area contributed by atoms with Gasteiger partial charge in [-0.2, -0.15) is 0 Å². The van der Waals surface area contributed by atoms with E-state index in [0.29, 0.717) is 10.7 Å². The van der Waals surface area contributed by atoms with Gasteiger partial charge >= 0.3 is 0 Å². The number of anilines is 1. The number of sulfonamides is 1. The van der Waals surface area contributed by atoms with Gasteiger partial charge in [-0.05, 0) is 49.2 Å². The van der Waals surface area contributed by atoms with Crippen molar-refractivity contribution >= 4 is 27.3 Å². The average Bonchev–Trinajstić information content (AvgIpc) is 2.40. The van der Waals surface area contributed by atoms with Gasteiger partial charge in [0.05, 0.1) is 10.6 Å². The van der Waals surface area contributed by atoms with Crippen LogP contribution in [0.5, 0.6) is 0 Å². The fourth-order valence-electron chi connectivity index (χ4n) is 1.97. The van der Waals surface area contributed by atoms with Gasteiger partial charge in [0, 0.05) is 12.1 Å². The van der Waals surface area contributed by atoms with E-state index in [1.807, 2.05) is 32.0 Å². The molecule has 5 heteroatoms. The Morgan fingerprint density at radius 1 is 1.05 bits per heavy atom. The van der Waals surface area contributed by atoms with Gasteiger partial charge in [-0.25, -0.2) is 8.42 Å². The molecule has 2 rings (SSSR count). The zero-order chi connectivity index (χ0) is 14.9. The second kappa shape index (κ2) is 5.46. The third kappa shape index (κ3) is 2.81. The summed E-state index contributed by atoms with van der Waals surface area (Å²) in [5.74, 6) is 0. The highest BCUT2D eigenvalue weighted by molar-refractivity contribution is 7.92. The van der Waals surface area contributed by atoms with E-state index >= 15 is 0 Å². The Balaban J connectivity index is 2.51. The summed E-state index contributed by atoms with van der Waals surface area (Å²) in [4.78, 5) is 0.188. The quantitative estimate of drug-likeness (QED) is 0.865. The lowest BCUT2D eigenvalue weighted by Crippen LogP contribution is -2.27. The number of halogens is 1. The third-order valence-corrected chi connectivity index (χ3v) is 5.16. The maximum absolute atomic E-state index is 12.6. The molecule has 0 saturated carbocycles. The number of hydrogen-bond donors (Lipinski definition) is 0. The molecule has 0 heterocycles. The molecule has 0 amide bonds. The molecule has 0 spiro atoms. The van der Waals surface area contributed by atoms with E-state index in [1.54, 1.807) is 25.2 Å². The SMILES string of the molecule is Cc1ccc(C)c(N(C)S(=O)(=O)c2cccc(Cl)c2)c1. The van der Waals surface area contributed by atoms with Crippen molar-refractivity contribution < 1.29 is 8.42 Å². The smallest absolute Gasteiger partial charge is 0.264 e. The van der Waals surface area contributed by atoms with Crippen molar-refractivity contribution in [1.82, 2.24) is 0 Å². The fraction of sp³-hybridized carbons (Fsp3) is 0.200. The Kier molecular flexibility index (Phi) is 4.06. The highest BCUT2D eigenvalue weighted by atomic mass is 35.5. The van der Waals surface area contributed by atoms with Crippen LogP contribution in [0.15, 0.2) is 47.4 Å². The first-order chi connectivity index (χ1) is 9.32. The summed E-state index contributed by atoms with van der Waals surface area (Å²) in [5, 5.41) is 0.403. The lowest BCUT2D eigenvalue weighted by atomic mass is 10.1. The van der Waals surface area contributed by atoms with Crippen molar-refractivity contribution in [2.75, 3.05) is 11.4 Å². The van der Waals surface area contributed by atoms with Crippen LogP contribution in [0.3, 0.4) is 0 Å². The van der Waals surface area contributed by atoms with E-state index in [-0.39, 0.29) is 4.90 Å². The van der Waals surface area contributed by atoms with Crippen LogP contribution in [0.1, 0.15) is 11.1 Å². The second-order valence-corrected chi connectivity index (χ2v) is 7.13. The van der Waals surface area contributed by atoms with Crippen molar-refractivity contribution in [3.63, 3.8) is 0 Å². The Hall–Kier alpha value is -1.52. The first-order valence-corrected chi connectivity index (χ1v) is 7.96. The van der Waals surface area contributed by atoms with Crippen LogP contribution in [0.4, 0.5) is 5.69 Å². The average molecular weight is 310 g/mol. The molecule has 0 N–H and O–H groups in total. The predicted octanol–water partition coefficient (Wildman–Crippen LogP) is 3.78. The summed E-state index contributed by atoms with van der Waals surface area (Å²) < 4.78 is 26.5. The standard InChI is InChI=1S/C15H16ClNO2S/c1-11-7-8-12(2)15(9-11)17(3)20(18,19)14-6-4-5-13(16)10-14/h4-10H,1-3H3. The van der Waals surface area contributed by atoms with Crippen molar-refractivity contribution in [1.29, 1.82) is 0 Å². The van der Waals surface area contributed by atoms with Crippen LogP contribution in [0, 0.1) is 13.8 Å². The van der Waals surface area contributed by atoms with Gasteiger partial charge in [0.1, 0.15) is 0 Å². The number of nitrogens with zero attached hydrogens (tertiary/aromatic N) is 1. The number of hydrogen-bond acceptors (Lipinski definition) is 2. The van der Waals surface area contributed by atoms with Gasteiger partial charge in [-0.1, -0.05) is 29.8 Å². The topological polar surface area (TPSA) is 37.4 Å². The molecule has 0 aromatic heterocycles. The maximum atomic E-state index is 12.6. The highest BCUT2D eigenvalue weighted by Gasteiger charge is 2.22. The van der Waals surface area contributed by atoms with Gasteiger partial charge in [-0.15, -0.1) is 0 Å².